The average Bonchev–Trinajstić information content (AvgIpc) is 3.05. The zero-order valence-electron chi connectivity index (χ0n) is 13.4. The van der Waals surface area contributed by atoms with E-state index in [4.69, 9.17) is 4.74 Å². The molecular weight excluding hydrogens is 451 g/mol. The zero-order valence-corrected chi connectivity index (χ0v) is 15.8. The van der Waals surface area contributed by atoms with E-state index in [9.17, 15) is 27.6 Å². The number of carbonyl (C=O) groups excluding carboxylic acids is 3. The fourth-order valence-corrected chi connectivity index (χ4v) is 3.14. The number of thiophene rings is 1. The van der Waals surface area contributed by atoms with Gasteiger partial charge in [-0.25, -0.2) is 4.79 Å². The lowest BCUT2D eigenvalue weighted by Crippen LogP contribution is -2.20. The average molecular weight is 462 g/mol. The van der Waals surface area contributed by atoms with Crippen LogP contribution in [0.3, 0.4) is 0 Å². The number of rotatable bonds is 7. The molecule has 0 saturated heterocycles. The van der Waals surface area contributed by atoms with Crippen molar-refractivity contribution in [2.45, 2.75) is 6.18 Å². The lowest BCUT2D eigenvalue weighted by atomic mass is 10.2. The first kappa shape index (κ1) is 20.8. The minimum Gasteiger partial charge on any atom is -0.454 e. The molecule has 5 nitrogen and oxygen atoms in total. The lowest BCUT2D eigenvalue weighted by molar-refractivity contribution is -0.165. The molecule has 0 fully saturated rings. The van der Waals surface area contributed by atoms with Crippen molar-refractivity contribution in [3.63, 3.8) is 0 Å². The third kappa shape index (κ3) is 6.04. The normalized spacial score (nSPS) is 11.4. The maximum Gasteiger partial charge on any atom is 0.454 e. The van der Waals surface area contributed by atoms with Gasteiger partial charge in [0.05, 0.1) is 19.9 Å². The van der Waals surface area contributed by atoms with Crippen LogP contribution in [0.4, 0.5) is 18.9 Å². The van der Waals surface area contributed by atoms with Gasteiger partial charge in [-0.1, -0.05) is 12.1 Å². The Morgan fingerprint density at radius 2 is 1.85 bits per heavy atom. The molecule has 10 heteroatoms. The van der Waals surface area contributed by atoms with Crippen LogP contribution in [-0.4, -0.2) is 30.3 Å². The summed E-state index contributed by atoms with van der Waals surface area (Å²) < 4.78 is 42.2. The van der Waals surface area contributed by atoms with Crippen molar-refractivity contribution in [1.29, 1.82) is 0 Å². The monoisotopic (exact) mass is 461 g/mol. The highest BCUT2D eigenvalue weighted by Gasteiger charge is 2.36. The Morgan fingerprint density at radius 1 is 1.15 bits per heavy atom. The molecule has 0 spiro atoms. The Morgan fingerprint density at radius 3 is 2.48 bits per heavy atom. The van der Waals surface area contributed by atoms with Gasteiger partial charge in [0.2, 0.25) is 5.78 Å². The molecule has 1 aromatic carbocycles. The van der Waals surface area contributed by atoms with Crippen LogP contribution in [0.5, 0.6) is 0 Å². The highest BCUT2D eigenvalue weighted by Crippen LogP contribution is 2.23. The number of carbonyl (C=O) groups is 3. The van der Waals surface area contributed by atoms with Crippen molar-refractivity contribution in [1.82, 2.24) is 0 Å². The predicted molar refractivity (Wildman–Crippen MR) is 96.9 cm³/mol. The van der Waals surface area contributed by atoms with E-state index in [0.717, 1.165) is 9.99 Å². The topological polar surface area (TPSA) is 72.5 Å². The number of anilines is 1. The molecule has 0 aliphatic rings. The number of hydrogen-bond acceptors (Lipinski definition) is 6. The number of ketones is 2. The second kappa shape index (κ2) is 8.96. The summed E-state index contributed by atoms with van der Waals surface area (Å²) in [5.74, 6) is -3.26. The molecule has 1 heterocycles. The summed E-state index contributed by atoms with van der Waals surface area (Å²) in [6.45, 7) is -0.484. The summed E-state index contributed by atoms with van der Waals surface area (Å²) >= 11 is 4.42. The minimum absolute atomic E-state index is 0.00164. The van der Waals surface area contributed by atoms with Gasteiger partial charge < -0.3 is 10.1 Å². The predicted octanol–water partition coefficient (Wildman–Crippen LogP) is 4.61. The van der Waals surface area contributed by atoms with Gasteiger partial charge in [-0.05, 0) is 40.2 Å². The molecule has 142 valence electrons. The molecule has 0 aliphatic carbocycles. The quantitative estimate of drug-likeness (QED) is 0.370. The molecule has 0 amide bonds. The molecule has 0 bridgehead atoms. The van der Waals surface area contributed by atoms with E-state index < -0.39 is 24.5 Å². The van der Waals surface area contributed by atoms with Gasteiger partial charge in [-0.3, -0.25) is 9.59 Å². The molecule has 0 aliphatic heterocycles. The summed E-state index contributed by atoms with van der Waals surface area (Å²) in [7, 11) is 0. The van der Waals surface area contributed by atoms with Crippen LogP contribution < -0.4 is 5.32 Å². The highest BCUT2D eigenvalue weighted by molar-refractivity contribution is 9.11. The van der Waals surface area contributed by atoms with Crippen molar-refractivity contribution < 1.29 is 32.3 Å². The maximum atomic E-state index is 12.2. The van der Waals surface area contributed by atoms with E-state index >= 15 is 0 Å². The van der Waals surface area contributed by atoms with Gasteiger partial charge in [-0.15, -0.1) is 11.3 Å². The first-order valence-electron chi connectivity index (χ1n) is 7.27. The standard InChI is InChI=1S/C17H11BrF3NO4S/c18-15-6-5-13(27-15)12(23)9-26-16(25)10-3-1-2-4-11(10)22-8-7-14(24)17(19,20)21/h1-8,22H,9H2/b8-7+. The second-order valence-electron chi connectivity index (χ2n) is 4.99. The Balaban J connectivity index is 2.01. The molecule has 2 rings (SSSR count). The van der Waals surface area contributed by atoms with Crippen LogP contribution in [-0.2, 0) is 9.53 Å². The van der Waals surface area contributed by atoms with Gasteiger partial charge in [-0.2, -0.15) is 13.2 Å². The largest absolute Gasteiger partial charge is 0.454 e. The number of para-hydroxylation sites is 1. The number of Topliss-reactive ketones (excluding diaryl/α,β-unsaturated/α-hetero) is 1. The van der Waals surface area contributed by atoms with E-state index in [0.29, 0.717) is 11.0 Å². The van der Waals surface area contributed by atoms with Crippen LogP contribution in [0.1, 0.15) is 20.0 Å². The van der Waals surface area contributed by atoms with Crippen molar-refractivity contribution in [3.05, 3.63) is 62.9 Å². The summed E-state index contributed by atoms with van der Waals surface area (Å²) in [6, 6.07) is 9.11. The summed E-state index contributed by atoms with van der Waals surface area (Å²) in [6.07, 6.45) is -3.90. The molecule has 0 atom stereocenters. The van der Waals surface area contributed by atoms with Crippen LogP contribution in [0.2, 0.25) is 0 Å². The summed E-state index contributed by atoms with van der Waals surface area (Å²) in [4.78, 5) is 35.3. The number of esters is 1. The van der Waals surface area contributed by atoms with Crippen LogP contribution >= 0.6 is 27.3 Å². The van der Waals surface area contributed by atoms with Crippen molar-refractivity contribution in [3.8, 4) is 0 Å². The molecule has 27 heavy (non-hydrogen) atoms. The van der Waals surface area contributed by atoms with Crippen molar-refractivity contribution >= 4 is 50.5 Å². The van der Waals surface area contributed by atoms with E-state index in [1.807, 2.05) is 0 Å². The Bertz CT molecular complexity index is 892. The van der Waals surface area contributed by atoms with Crippen LogP contribution in [0.15, 0.2) is 52.5 Å². The second-order valence-corrected chi connectivity index (χ2v) is 7.45. The Kier molecular flexibility index (Phi) is 6.92. The molecule has 0 radical (unpaired) electrons. The van der Waals surface area contributed by atoms with Gasteiger partial charge in [0.1, 0.15) is 0 Å². The SMILES string of the molecule is O=C(COC(=O)c1ccccc1N/C=C/C(=O)C(F)(F)F)c1ccc(Br)s1. The fourth-order valence-electron chi connectivity index (χ4n) is 1.83. The molecule has 2 aromatic rings. The Hall–Kier alpha value is -2.46. The van der Waals surface area contributed by atoms with Gasteiger partial charge >= 0.3 is 12.1 Å². The third-order valence-corrected chi connectivity index (χ3v) is 4.75. The van der Waals surface area contributed by atoms with E-state index in [1.54, 1.807) is 12.1 Å². The van der Waals surface area contributed by atoms with Crippen molar-refractivity contribution in [2.24, 2.45) is 0 Å². The lowest BCUT2D eigenvalue weighted by Gasteiger charge is -2.09. The van der Waals surface area contributed by atoms with E-state index in [2.05, 4.69) is 21.2 Å². The first-order chi connectivity index (χ1) is 12.7. The van der Waals surface area contributed by atoms with Crippen LogP contribution in [0.25, 0.3) is 0 Å². The number of alkyl halides is 3. The maximum absolute atomic E-state index is 12.2. The van der Waals surface area contributed by atoms with E-state index in [1.165, 1.54) is 35.6 Å². The third-order valence-electron chi connectivity index (χ3n) is 3.08. The zero-order chi connectivity index (χ0) is 20.0. The summed E-state index contributed by atoms with van der Waals surface area (Å²) in [5.41, 5.74) is 0.127. The molecule has 0 saturated carbocycles. The smallest absolute Gasteiger partial charge is 0.454 e. The number of benzene rings is 1. The Labute approximate surface area is 164 Å². The number of hydrogen-bond donors (Lipinski definition) is 1. The number of halogens is 4. The minimum atomic E-state index is -4.98. The van der Waals surface area contributed by atoms with Gasteiger partial charge in [0, 0.05) is 12.3 Å². The van der Waals surface area contributed by atoms with E-state index in [-0.39, 0.29) is 17.0 Å². The molecule has 0 unspecified atom stereocenters. The molecule has 1 N–H and O–H groups in total. The van der Waals surface area contributed by atoms with Crippen molar-refractivity contribution in [2.75, 3.05) is 11.9 Å². The number of ether oxygens (including phenoxy) is 1. The van der Waals surface area contributed by atoms with Gasteiger partial charge in [0.25, 0.3) is 5.78 Å². The highest BCUT2D eigenvalue weighted by atomic mass is 79.9. The number of nitrogens with one attached hydrogen (secondary N) is 1. The van der Waals surface area contributed by atoms with Gasteiger partial charge in [0.15, 0.2) is 6.61 Å². The first-order valence-corrected chi connectivity index (χ1v) is 8.88. The fraction of sp³-hybridized carbons (Fsp3) is 0.118. The summed E-state index contributed by atoms with van der Waals surface area (Å²) in [5, 5.41) is 2.43. The van der Waals surface area contributed by atoms with Crippen LogP contribution in [0, 0.1) is 0 Å². The number of allylic oxidation sites excluding steroid dienone is 1. The molecule has 1 aromatic heterocycles. The molecular formula is C17H11BrF3NO4S.